The molecule has 1 aromatic heterocycles. The molecule has 1 aliphatic heterocycles. The molecule has 1 fully saturated rings. The van der Waals surface area contributed by atoms with E-state index in [1.54, 1.807) is 7.11 Å². The van der Waals surface area contributed by atoms with Crippen molar-refractivity contribution in [2.24, 2.45) is 0 Å². The number of benzene rings is 1. The van der Waals surface area contributed by atoms with E-state index in [-0.39, 0.29) is 24.4 Å². The molecule has 2 N–H and O–H groups in total. The van der Waals surface area contributed by atoms with Crippen LogP contribution in [0.4, 0.5) is 5.69 Å². The summed E-state index contributed by atoms with van der Waals surface area (Å²) < 4.78 is 12.6. The number of halogens is 1. The van der Waals surface area contributed by atoms with Crippen molar-refractivity contribution in [2.45, 2.75) is 32.7 Å². The molecule has 9 heteroatoms. The fraction of sp³-hybridized carbons (Fsp3) is 0.526. The molecule has 0 spiro atoms. The molecule has 0 saturated carbocycles. The van der Waals surface area contributed by atoms with Crippen molar-refractivity contribution in [1.82, 2.24) is 20.3 Å². The minimum atomic E-state index is -0.284. The van der Waals surface area contributed by atoms with Crippen LogP contribution in [0.5, 0.6) is 5.75 Å². The lowest BCUT2D eigenvalue weighted by Crippen LogP contribution is -2.30. The molecule has 1 aliphatic rings. The lowest BCUT2D eigenvalue weighted by Gasteiger charge is -2.23. The minimum Gasteiger partial charge on any atom is -0.489 e. The van der Waals surface area contributed by atoms with Gasteiger partial charge in [-0.1, -0.05) is 11.3 Å². The van der Waals surface area contributed by atoms with Crippen LogP contribution in [0.2, 0.25) is 0 Å². The van der Waals surface area contributed by atoms with Crippen molar-refractivity contribution in [3.05, 3.63) is 35.2 Å². The van der Waals surface area contributed by atoms with Gasteiger partial charge in [0.05, 0.1) is 24.0 Å². The van der Waals surface area contributed by atoms with E-state index < -0.39 is 0 Å². The normalized spacial score (nSPS) is 14.4. The van der Waals surface area contributed by atoms with E-state index in [1.807, 2.05) is 36.7 Å². The molecule has 1 saturated heterocycles. The van der Waals surface area contributed by atoms with Crippen LogP contribution in [0.1, 0.15) is 40.6 Å². The highest BCUT2D eigenvalue weighted by Crippen LogP contribution is 2.27. The van der Waals surface area contributed by atoms with Gasteiger partial charge in [-0.15, -0.1) is 17.5 Å². The third kappa shape index (κ3) is 5.21. The van der Waals surface area contributed by atoms with Crippen LogP contribution in [0.25, 0.3) is 0 Å². The topological polar surface area (TPSA) is 90.3 Å². The summed E-state index contributed by atoms with van der Waals surface area (Å²) in [6.07, 6.45) is 1.97. The summed E-state index contributed by atoms with van der Waals surface area (Å²) in [6, 6.07) is 5.94. The molecule has 0 bridgehead atoms. The second-order valence-corrected chi connectivity index (χ2v) is 6.74. The molecule has 2 aromatic rings. The van der Waals surface area contributed by atoms with Gasteiger partial charge in [-0.05, 0) is 57.5 Å². The quantitative estimate of drug-likeness (QED) is 0.683. The first-order valence-corrected chi connectivity index (χ1v) is 9.26. The van der Waals surface area contributed by atoms with Gasteiger partial charge in [0.2, 0.25) is 0 Å². The number of carbonyl (C=O) groups excluding carboxylic acids is 1. The molecule has 154 valence electrons. The number of rotatable bonds is 7. The zero-order valence-electron chi connectivity index (χ0n) is 16.5. The Morgan fingerprint density at radius 1 is 1.29 bits per heavy atom. The summed E-state index contributed by atoms with van der Waals surface area (Å²) in [5.74, 6) is 0.330. The molecule has 1 amide bonds. The number of aromatic nitrogens is 3. The van der Waals surface area contributed by atoms with Crippen molar-refractivity contribution in [3.63, 3.8) is 0 Å². The lowest BCUT2D eigenvalue weighted by atomic mass is 10.1. The molecule has 0 unspecified atom stereocenters. The van der Waals surface area contributed by atoms with Crippen LogP contribution in [-0.2, 0) is 4.74 Å². The van der Waals surface area contributed by atoms with Gasteiger partial charge >= 0.3 is 0 Å². The standard InChI is InChI=1S/C19H27N5O3.ClH/c1-13-4-5-16(17(12-13)27-11-10-26-3)21-19(25)18-14(2)24(23-22-18)15-6-8-20-9-7-15;/h4-5,12,15,20H,6-11H2,1-3H3,(H,21,25);1H. The number of nitrogens with zero attached hydrogens (tertiary/aromatic N) is 3. The van der Waals surface area contributed by atoms with Crippen molar-refractivity contribution < 1.29 is 14.3 Å². The number of hydrogen-bond acceptors (Lipinski definition) is 6. The predicted molar refractivity (Wildman–Crippen MR) is 110 cm³/mol. The molecule has 8 nitrogen and oxygen atoms in total. The third-order valence-electron chi connectivity index (χ3n) is 4.73. The molecular weight excluding hydrogens is 382 g/mol. The Morgan fingerprint density at radius 2 is 2.04 bits per heavy atom. The Kier molecular flexibility index (Phi) is 8.22. The molecular formula is C19H28ClN5O3. The number of amides is 1. The van der Waals surface area contributed by atoms with E-state index >= 15 is 0 Å². The van der Waals surface area contributed by atoms with Crippen molar-refractivity contribution in [2.75, 3.05) is 38.7 Å². The zero-order valence-corrected chi connectivity index (χ0v) is 17.3. The number of aryl methyl sites for hydroxylation is 1. The average molecular weight is 410 g/mol. The van der Waals surface area contributed by atoms with Gasteiger partial charge in [-0.3, -0.25) is 4.79 Å². The fourth-order valence-electron chi connectivity index (χ4n) is 3.22. The zero-order chi connectivity index (χ0) is 19.2. The smallest absolute Gasteiger partial charge is 0.278 e. The van der Waals surface area contributed by atoms with Crippen LogP contribution < -0.4 is 15.4 Å². The molecule has 28 heavy (non-hydrogen) atoms. The van der Waals surface area contributed by atoms with Crippen molar-refractivity contribution in [3.8, 4) is 5.75 Å². The SMILES string of the molecule is COCCOc1cc(C)ccc1NC(=O)c1nnn(C2CCNCC2)c1C.Cl. The van der Waals surface area contributed by atoms with Crippen molar-refractivity contribution in [1.29, 1.82) is 0 Å². The predicted octanol–water partition coefficient (Wildman–Crippen LogP) is 2.52. The van der Waals surface area contributed by atoms with E-state index in [2.05, 4.69) is 20.9 Å². The van der Waals surface area contributed by atoms with Gasteiger partial charge < -0.3 is 20.1 Å². The Morgan fingerprint density at radius 3 is 2.75 bits per heavy atom. The summed E-state index contributed by atoms with van der Waals surface area (Å²) in [5, 5.41) is 14.6. The van der Waals surface area contributed by atoms with E-state index in [9.17, 15) is 4.79 Å². The van der Waals surface area contributed by atoms with Crippen LogP contribution in [0.3, 0.4) is 0 Å². The molecule has 0 radical (unpaired) electrons. The lowest BCUT2D eigenvalue weighted by molar-refractivity contribution is 0.102. The third-order valence-corrected chi connectivity index (χ3v) is 4.73. The maximum Gasteiger partial charge on any atom is 0.278 e. The number of methoxy groups -OCH3 is 1. The number of hydrogen-bond donors (Lipinski definition) is 2. The Bertz CT molecular complexity index is 790. The maximum atomic E-state index is 12.8. The van der Waals surface area contributed by atoms with Gasteiger partial charge in [0.1, 0.15) is 12.4 Å². The summed E-state index contributed by atoms with van der Waals surface area (Å²) in [4.78, 5) is 12.8. The van der Waals surface area contributed by atoms with Gasteiger partial charge in [-0.25, -0.2) is 4.68 Å². The van der Waals surface area contributed by atoms with Crippen LogP contribution in [0, 0.1) is 13.8 Å². The first-order valence-electron chi connectivity index (χ1n) is 9.26. The van der Waals surface area contributed by atoms with Crippen LogP contribution in [-0.4, -0.2) is 54.3 Å². The monoisotopic (exact) mass is 409 g/mol. The van der Waals surface area contributed by atoms with Gasteiger partial charge in [0.15, 0.2) is 5.69 Å². The number of carbonyl (C=O) groups is 1. The van der Waals surface area contributed by atoms with Crippen LogP contribution in [0.15, 0.2) is 18.2 Å². The second-order valence-electron chi connectivity index (χ2n) is 6.74. The maximum absolute atomic E-state index is 12.8. The second kappa shape index (κ2) is 10.4. The number of ether oxygens (including phenoxy) is 2. The first kappa shape index (κ1) is 22.1. The molecule has 0 aliphatic carbocycles. The Hall–Kier alpha value is -2.16. The van der Waals surface area contributed by atoms with E-state index in [0.717, 1.165) is 37.2 Å². The fourth-order valence-corrected chi connectivity index (χ4v) is 3.22. The Balaban J connectivity index is 0.00000280. The summed E-state index contributed by atoms with van der Waals surface area (Å²) in [7, 11) is 1.62. The number of nitrogens with one attached hydrogen (secondary N) is 2. The Labute approximate surface area is 171 Å². The van der Waals surface area contributed by atoms with E-state index in [0.29, 0.717) is 30.3 Å². The van der Waals surface area contributed by atoms with E-state index in [1.165, 1.54) is 0 Å². The number of piperidine rings is 1. The highest BCUT2D eigenvalue weighted by molar-refractivity contribution is 6.04. The van der Waals surface area contributed by atoms with Crippen LogP contribution >= 0.6 is 12.4 Å². The van der Waals surface area contributed by atoms with Crippen molar-refractivity contribution >= 4 is 24.0 Å². The summed E-state index contributed by atoms with van der Waals surface area (Å²) in [5.41, 5.74) is 2.79. The first-order chi connectivity index (χ1) is 13.1. The van der Waals surface area contributed by atoms with Gasteiger partial charge in [0, 0.05) is 7.11 Å². The molecule has 3 rings (SSSR count). The highest BCUT2D eigenvalue weighted by Gasteiger charge is 2.23. The molecule has 0 atom stereocenters. The van der Waals surface area contributed by atoms with Gasteiger partial charge in [0.25, 0.3) is 5.91 Å². The summed E-state index contributed by atoms with van der Waals surface area (Å²) in [6.45, 7) is 6.67. The van der Waals surface area contributed by atoms with E-state index in [4.69, 9.17) is 9.47 Å². The average Bonchev–Trinajstić information content (AvgIpc) is 3.06. The molecule has 1 aromatic carbocycles. The summed E-state index contributed by atoms with van der Waals surface area (Å²) >= 11 is 0. The largest absolute Gasteiger partial charge is 0.489 e. The minimum absolute atomic E-state index is 0. The van der Waals surface area contributed by atoms with Gasteiger partial charge in [-0.2, -0.15) is 0 Å². The number of anilines is 1. The molecule has 2 heterocycles. The highest BCUT2D eigenvalue weighted by atomic mass is 35.5.